The number of benzene rings is 1. The lowest BCUT2D eigenvalue weighted by Gasteiger charge is -2.20. The number of carboxylic acid groups (broad SMARTS) is 3. The molecule has 0 heterocycles. The van der Waals surface area contributed by atoms with Crippen LogP contribution in [-0.2, 0) is 24.0 Å². The number of nitrogens with two attached hydrogens (primary N) is 1. The number of carboxylic acids is 3. The van der Waals surface area contributed by atoms with Gasteiger partial charge in [0.2, 0.25) is 11.8 Å². The maximum atomic E-state index is 13.1. The van der Waals surface area contributed by atoms with Crippen LogP contribution in [-0.4, -0.2) is 87.6 Å². The maximum Gasteiger partial charge on any atom is 0.341 e. The topological polar surface area (TPSA) is 222 Å². The molecule has 2 amide bonds. The van der Waals surface area contributed by atoms with Crippen molar-refractivity contribution < 1.29 is 48.8 Å². The number of carbonyl (C=O) groups is 6. The second-order valence-corrected chi connectivity index (χ2v) is 9.97. The predicted octanol–water partition coefficient (Wildman–Crippen LogP) is 1.28. The molecule has 0 aliphatic rings. The van der Waals surface area contributed by atoms with Crippen LogP contribution >= 0.6 is 35.0 Å². The minimum atomic E-state index is -1.29. The molecule has 0 bridgehead atoms. The fraction of sp³-hybridized carbons (Fsp3) is 0.478. The van der Waals surface area contributed by atoms with Crippen molar-refractivity contribution in [2.24, 2.45) is 11.7 Å². The highest BCUT2D eigenvalue weighted by atomic mass is 35.5. The normalized spacial score (nSPS) is 13.0. The number of nitrogens with one attached hydrogen (secondary N) is 2. The summed E-state index contributed by atoms with van der Waals surface area (Å²) in [4.78, 5) is 70.2. The molecule has 1 aromatic carbocycles. The molecule has 0 aliphatic heterocycles. The van der Waals surface area contributed by atoms with Crippen molar-refractivity contribution in [1.82, 2.24) is 10.6 Å². The Morgan fingerprint density at radius 3 is 2.26 bits per heavy atom. The minimum absolute atomic E-state index is 0.00157. The van der Waals surface area contributed by atoms with Crippen LogP contribution in [0.4, 0.5) is 0 Å². The number of halogens is 2. The average Bonchev–Trinajstić information content (AvgIpc) is 2.87. The van der Waals surface area contributed by atoms with Crippen molar-refractivity contribution in [1.29, 1.82) is 0 Å². The number of ether oxygens (including phenoxy) is 1. The Balaban J connectivity index is 2.89. The molecule has 39 heavy (non-hydrogen) atoms. The predicted molar refractivity (Wildman–Crippen MR) is 142 cm³/mol. The second-order valence-electron chi connectivity index (χ2n) is 8.14. The molecular formula is C23H29Cl2N3O10S. The van der Waals surface area contributed by atoms with E-state index in [1.54, 1.807) is 6.92 Å². The van der Waals surface area contributed by atoms with E-state index in [1.165, 1.54) is 12.1 Å². The summed E-state index contributed by atoms with van der Waals surface area (Å²) in [7, 11) is 0. The largest absolute Gasteiger partial charge is 0.480 e. The van der Waals surface area contributed by atoms with Crippen molar-refractivity contribution in [3.63, 3.8) is 0 Å². The third-order valence-corrected chi connectivity index (χ3v) is 7.27. The summed E-state index contributed by atoms with van der Waals surface area (Å²) in [6.45, 7) is 0.427. The zero-order valence-electron chi connectivity index (χ0n) is 20.8. The molecule has 0 spiro atoms. The second kappa shape index (κ2) is 16.8. The summed E-state index contributed by atoms with van der Waals surface area (Å²) in [5, 5.41) is 30.8. The summed E-state index contributed by atoms with van der Waals surface area (Å²) >= 11 is 13.5. The fourth-order valence-electron chi connectivity index (χ4n) is 3.05. The van der Waals surface area contributed by atoms with Crippen LogP contribution in [0.1, 0.15) is 36.5 Å². The molecule has 3 atom stereocenters. The van der Waals surface area contributed by atoms with Gasteiger partial charge in [0, 0.05) is 29.4 Å². The molecule has 7 N–H and O–H groups in total. The van der Waals surface area contributed by atoms with Gasteiger partial charge in [-0.05, 0) is 25.0 Å². The third-order valence-electron chi connectivity index (χ3n) is 5.20. The Bertz CT molecular complexity index is 1090. The summed E-state index contributed by atoms with van der Waals surface area (Å²) in [6.07, 6.45) is -0.0671. The van der Waals surface area contributed by atoms with E-state index < -0.39 is 60.9 Å². The first-order chi connectivity index (χ1) is 18.3. The molecule has 1 rings (SSSR count). The van der Waals surface area contributed by atoms with Crippen LogP contribution in [0.25, 0.3) is 0 Å². The smallest absolute Gasteiger partial charge is 0.341 e. The van der Waals surface area contributed by atoms with Crippen LogP contribution < -0.4 is 21.1 Å². The zero-order chi connectivity index (χ0) is 29.7. The molecule has 16 heteroatoms. The lowest BCUT2D eigenvalue weighted by Crippen LogP contribution is -2.49. The molecule has 0 saturated carbocycles. The number of amides is 2. The molecule has 0 saturated heterocycles. The van der Waals surface area contributed by atoms with Crippen LogP contribution in [0.3, 0.4) is 0 Å². The van der Waals surface area contributed by atoms with Crippen LogP contribution in [0.5, 0.6) is 5.75 Å². The Hall–Kier alpha value is -3.07. The molecule has 1 aromatic rings. The highest BCUT2D eigenvalue weighted by Crippen LogP contribution is 2.36. The van der Waals surface area contributed by atoms with Crippen molar-refractivity contribution in [2.45, 2.75) is 38.3 Å². The van der Waals surface area contributed by atoms with E-state index in [9.17, 15) is 28.8 Å². The lowest BCUT2D eigenvalue weighted by molar-refractivity contribution is -0.140. The van der Waals surface area contributed by atoms with E-state index in [0.29, 0.717) is 6.42 Å². The maximum absolute atomic E-state index is 13.1. The number of thioether (sulfide) groups is 1. The van der Waals surface area contributed by atoms with Crippen molar-refractivity contribution in [2.75, 3.05) is 24.7 Å². The Kier molecular flexibility index (Phi) is 14.6. The molecule has 216 valence electrons. The van der Waals surface area contributed by atoms with Gasteiger partial charge in [-0.2, -0.15) is 11.8 Å². The molecule has 0 fully saturated rings. The number of ketones is 1. The Morgan fingerprint density at radius 2 is 1.69 bits per heavy atom. The van der Waals surface area contributed by atoms with Gasteiger partial charge < -0.3 is 36.4 Å². The van der Waals surface area contributed by atoms with Gasteiger partial charge in [-0.3, -0.25) is 24.0 Å². The van der Waals surface area contributed by atoms with Gasteiger partial charge in [0.15, 0.2) is 12.4 Å². The molecule has 0 aromatic heterocycles. The van der Waals surface area contributed by atoms with Gasteiger partial charge in [0.1, 0.15) is 29.4 Å². The van der Waals surface area contributed by atoms with E-state index in [0.717, 1.165) is 11.8 Å². The lowest BCUT2D eigenvalue weighted by atomic mass is 9.97. The van der Waals surface area contributed by atoms with E-state index in [2.05, 4.69) is 10.6 Å². The van der Waals surface area contributed by atoms with E-state index >= 15 is 0 Å². The first-order valence-corrected chi connectivity index (χ1v) is 13.4. The van der Waals surface area contributed by atoms with Crippen LogP contribution in [0.2, 0.25) is 10.0 Å². The van der Waals surface area contributed by atoms with Gasteiger partial charge in [-0.1, -0.05) is 30.1 Å². The Labute approximate surface area is 237 Å². The zero-order valence-corrected chi connectivity index (χ0v) is 23.1. The standard InChI is InChI=1S/C23H29Cl2N3O10S/c1-2-11(21(34)12-3-5-15(20(25)19(12)24)38-8-18(32)33)9-39-10-14(22(35)27-7-17(30)31)28-16(29)6-4-13(26)23(36)37/h3,5,11,13-14H,2,4,6-10,26H2,1H3,(H,27,35)(H,28,29)(H,30,31)(H,32,33)(H,36,37)/t11?,13-,14+/m0/s1. The number of Topliss-reactive ketones (excluding diaryl/α,β-unsaturated/α-hetero) is 1. The van der Waals surface area contributed by atoms with Gasteiger partial charge in [-0.15, -0.1) is 0 Å². The SMILES string of the molecule is CCC(CSC[C@@H](NC(=O)CC[C@H](N)C(=O)O)C(=O)NCC(=O)O)C(=O)c1ccc(OCC(=O)O)c(Cl)c1Cl. The van der Waals surface area contributed by atoms with Crippen molar-refractivity contribution in [3.05, 3.63) is 27.7 Å². The monoisotopic (exact) mass is 609 g/mol. The van der Waals surface area contributed by atoms with Crippen LogP contribution in [0, 0.1) is 5.92 Å². The number of hydrogen-bond donors (Lipinski definition) is 6. The Morgan fingerprint density at radius 1 is 1.03 bits per heavy atom. The average molecular weight is 610 g/mol. The summed E-state index contributed by atoms with van der Waals surface area (Å²) in [5.41, 5.74) is 5.48. The minimum Gasteiger partial charge on any atom is -0.480 e. The van der Waals surface area contributed by atoms with E-state index in [1.807, 2.05) is 0 Å². The number of carbonyl (C=O) groups excluding carboxylic acids is 3. The summed E-state index contributed by atoms with van der Waals surface area (Å²) in [6, 6.07) is 0.266. The van der Waals surface area contributed by atoms with Gasteiger partial charge in [0.25, 0.3) is 0 Å². The third kappa shape index (κ3) is 11.7. The summed E-state index contributed by atoms with van der Waals surface area (Å²) in [5.74, 6) is -6.00. The number of aliphatic carboxylic acids is 3. The fourth-order valence-corrected chi connectivity index (χ4v) is 4.79. The summed E-state index contributed by atoms with van der Waals surface area (Å²) < 4.78 is 5.05. The molecular weight excluding hydrogens is 581 g/mol. The van der Waals surface area contributed by atoms with E-state index in [4.69, 9.17) is 49.0 Å². The molecule has 0 aliphatic carbocycles. The van der Waals surface area contributed by atoms with Crippen molar-refractivity contribution >= 4 is 70.5 Å². The molecule has 0 radical (unpaired) electrons. The number of hydrogen-bond acceptors (Lipinski definition) is 9. The van der Waals surface area contributed by atoms with Gasteiger partial charge >= 0.3 is 17.9 Å². The highest BCUT2D eigenvalue weighted by Gasteiger charge is 2.26. The molecule has 13 nitrogen and oxygen atoms in total. The van der Waals surface area contributed by atoms with Gasteiger partial charge in [0.05, 0.1) is 5.02 Å². The first-order valence-electron chi connectivity index (χ1n) is 11.5. The van der Waals surface area contributed by atoms with Crippen molar-refractivity contribution in [3.8, 4) is 5.75 Å². The van der Waals surface area contributed by atoms with Gasteiger partial charge in [-0.25, -0.2) is 4.79 Å². The number of rotatable bonds is 18. The quantitative estimate of drug-likeness (QED) is 0.129. The van der Waals surface area contributed by atoms with E-state index in [-0.39, 0.29) is 51.5 Å². The van der Waals surface area contributed by atoms with Crippen LogP contribution in [0.15, 0.2) is 12.1 Å². The highest BCUT2D eigenvalue weighted by molar-refractivity contribution is 7.99. The molecule has 1 unspecified atom stereocenters. The first kappa shape index (κ1) is 34.0.